The zero-order chi connectivity index (χ0) is 17.9. The van der Waals surface area contributed by atoms with Gasteiger partial charge < -0.3 is 9.15 Å². The van der Waals surface area contributed by atoms with E-state index < -0.39 is 0 Å². The van der Waals surface area contributed by atoms with Crippen molar-refractivity contribution in [3.63, 3.8) is 0 Å². The largest absolute Gasteiger partial charge is 0.456 e. The second-order valence-corrected chi connectivity index (χ2v) is 7.23. The number of ether oxygens (including phenoxy) is 1. The molecule has 0 N–H and O–H groups in total. The van der Waals surface area contributed by atoms with Gasteiger partial charge >= 0.3 is 5.97 Å². The fourth-order valence-corrected chi connectivity index (χ4v) is 2.67. The number of carbonyl (C=O) groups is 1. The van der Waals surface area contributed by atoms with Gasteiger partial charge in [0.1, 0.15) is 0 Å². The minimum Gasteiger partial charge on any atom is -0.456 e. The standard InChI is InChI=1S/C19H26N2O3/c1-12(2)18-21-20-16(24-18)11-23-17(22)10-19(5,6)15-9-13(3)7-8-14(15)4/h7-9,12H,10-11H2,1-6H3. The van der Waals surface area contributed by atoms with Gasteiger partial charge in [-0.25, -0.2) is 0 Å². The molecule has 0 saturated carbocycles. The first-order chi connectivity index (χ1) is 11.2. The van der Waals surface area contributed by atoms with Crippen LogP contribution in [0.4, 0.5) is 0 Å². The fourth-order valence-electron chi connectivity index (χ4n) is 2.67. The quantitative estimate of drug-likeness (QED) is 0.742. The summed E-state index contributed by atoms with van der Waals surface area (Å²) in [5, 5.41) is 7.83. The van der Waals surface area contributed by atoms with E-state index in [1.54, 1.807) is 0 Å². The Bertz CT molecular complexity index is 717. The molecule has 0 aliphatic rings. The fraction of sp³-hybridized carbons (Fsp3) is 0.526. The van der Waals surface area contributed by atoms with E-state index in [9.17, 15) is 4.79 Å². The molecule has 2 aromatic rings. The van der Waals surface area contributed by atoms with Gasteiger partial charge in [-0.1, -0.05) is 51.5 Å². The van der Waals surface area contributed by atoms with E-state index in [1.165, 1.54) is 16.7 Å². The van der Waals surface area contributed by atoms with Crippen molar-refractivity contribution >= 4 is 5.97 Å². The van der Waals surface area contributed by atoms with Gasteiger partial charge in [-0.2, -0.15) is 0 Å². The van der Waals surface area contributed by atoms with Crippen LogP contribution in [0.1, 0.15) is 68.5 Å². The van der Waals surface area contributed by atoms with Crippen LogP contribution in [0.2, 0.25) is 0 Å². The van der Waals surface area contributed by atoms with Gasteiger partial charge in [-0.05, 0) is 25.0 Å². The maximum absolute atomic E-state index is 12.2. The topological polar surface area (TPSA) is 65.2 Å². The van der Waals surface area contributed by atoms with Crippen LogP contribution in [0.15, 0.2) is 22.6 Å². The Morgan fingerprint density at radius 2 is 1.96 bits per heavy atom. The molecule has 0 amide bonds. The normalized spacial score (nSPS) is 11.8. The minimum absolute atomic E-state index is 0.0153. The van der Waals surface area contributed by atoms with Crippen LogP contribution in [-0.2, 0) is 21.6 Å². The lowest BCUT2D eigenvalue weighted by Crippen LogP contribution is -2.24. The Balaban J connectivity index is 1.98. The highest BCUT2D eigenvalue weighted by atomic mass is 16.5. The zero-order valence-electron chi connectivity index (χ0n) is 15.3. The molecule has 1 heterocycles. The summed E-state index contributed by atoms with van der Waals surface area (Å²) in [4.78, 5) is 12.2. The molecule has 0 bridgehead atoms. The van der Waals surface area contributed by atoms with E-state index in [1.807, 2.05) is 13.8 Å². The minimum atomic E-state index is -0.300. The SMILES string of the molecule is Cc1ccc(C)c(C(C)(C)CC(=O)OCc2nnc(C(C)C)o2)c1. The number of hydrogen-bond donors (Lipinski definition) is 0. The third-order valence-corrected chi connectivity index (χ3v) is 4.04. The zero-order valence-corrected chi connectivity index (χ0v) is 15.3. The Hall–Kier alpha value is -2.17. The van der Waals surface area contributed by atoms with E-state index in [4.69, 9.17) is 9.15 Å². The number of aromatic nitrogens is 2. The number of nitrogens with zero attached hydrogens (tertiary/aromatic N) is 2. The number of benzene rings is 1. The molecule has 1 aromatic carbocycles. The number of esters is 1. The predicted octanol–water partition coefficient (Wildman–Crippen LogP) is 4.22. The summed E-state index contributed by atoms with van der Waals surface area (Å²) in [7, 11) is 0. The van der Waals surface area contributed by atoms with E-state index in [0.29, 0.717) is 18.2 Å². The van der Waals surface area contributed by atoms with Crippen LogP contribution >= 0.6 is 0 Å². The molecular weight excluding hydrogens is 304 g/mol. The molecule has 2 rings (SSSR count). The van der Waals surface area contributed by atoms with Crippen molar-refractivity contribution in [1.29, 1.82) is 0 Å². The summed E-state index contributed by atoms with van der Waals surface area (Å²) in [5.74, 6) is 0.767. The maximum Gasteiger partial charge on any atom is 0.307 e. The van der Waals surface area contributed by atoms with Gasteiger partial charge in [-0.15, -0.1) is 10.2 Å². The number of carbonyl (C=O) groups excluding carboxylic acids is 1. The molecule has 130 valence electrons. The molecule has 0 atom stereocenters. The predicted molar refractivity (Wildman–Crippen MR) is 91.7 cm³/mol. The van der Waals surface area contributed by atoms with Gasteiger partial charge in [0.05, 0.1) is 6.42 Å². The molecule has 0 spiro atoms. The molecule has 24 heavy (non-hydrogen) atoms. The Kier molecular flexibility index (Phi) is 5.42. The van der Waals surface area contributed by atoms with E-state index in [-0.39, 0.29) is 23.9 Å². The monoisotopic (exact) mass is 330 g/mol. The van der Waals surface area contributed by atoms with Gasteiger partial charge in [-0.3, -0.25) is 4.79 Å². The summed E-state index contributed by atoms with van der Waals surface area (Å²) < 4.78 is 10.8. The summed E-state index contributed by atoms with van der Waals surface area (Å²) in [6.07, 6.45) is 0.294. The van der Waals surface area contributed by atoms with E-state index >= 15 is 0 Å². The Morgan fingerprint density at radius 3 is 2.58 bits per heavy atom. The molecule has 0 unspecified atom stereocenters. The third kappa shape index (κ3) is 4.43. The summed E-state index contributed by atoms with van der Waals surface area (Å²) >= 11 is 0. The molecule has 0 saturated heterocycles. The number of rotatable bonds is 6. The first-order valence-electron chi connectivity index (χ1n) is 8.24. The van der Waals surface area contributed by atoms with Gasteiger partial charge in [0.15, 0.2) is 6.61 Å². The second kappa shape index (κ2) is 7.16. The number of aryl methyl sites for hydroxylation is 2. The van der Waals surface area contributed by atoms with Crippen molar-refractivity contribution in [3.05, 3.63) is 46.7 Å². The van der Waals surface area contributed by atoms with Crippen LogP contribution in [0.5, 0.6) is 0 Å². The Labute approximate surface area is 143 Å². The van der Waals surface area contributed by atoms with Crippen LogP contribution < -0.4 is 0 Å². The first kappa shape index (κ1) is 18.2. The summed E-state index contributed by atoms with van der Waals surface area (Å²) in [6, 6.07) is 6.30. The molecule has 1 aromatic heterocycles. The van der Waals surface area contributed by atoms with Crippen molar-refractivity contribution in [2.45, 2.75) is 65.9 Å². The summed E-state index contributed by atoms with van der Waals surface area (Å²) in [5.41, 5.74) is 3.23. The van der Waals surface area contributed by atoms with Crippen molar-refractivity contribution < 1.29 is 13.9 Å². The average molecular weight is 330 g/mol. The smallest absolute Gasteiger partial charge is 0.307 e. The van der Waals surface area contributed by atoms with Crippen LogP contribution in [0.25, 0.3) is 0 Å². The number of hydrogen-bond acceptors (Lipinski definition) is 5. The van der Waals surface area contributed by atoms with Gasteiger partial charge in [0, 0.05) is 11.3 Å². The third-order valence-electron chi connectivity index (χ3n) is 4.04. The van der Waals surface area contributed by atoms with Crippen molar-refractivity contribution in [2.24, 2.45) is 0 Å². The molecule has 0 aliphatic carbocycles. The molecule has 5 nitrogen and oxygen atoms in total. The lowest BCUT2D eigenvalue weighted by molar-refractivity contribution is -0.147. The van der Waals surface area contributed by atoms with E-state index in [2.05, 4.69) is 56.1 Å². The van der Waals surface area contributed by atoms with Crippen molar-refractivity contribution in [2.75, 3.05) is 0 Å². The van der Waals surface area contributed by atoms with Crippen LogP contribution in [0, 0.1) is 13.8 Å². The van der Waals surface area contributed by atoms with Crippen LogP contribution in [0.3, 0.4) is 0 Å². The van der Waals surface area contributed by atoms with Gasteiger partial charge in [0.2, 0.25) is 5.89 Å². The lowest BCUT2D eigenvalue weighted by atomic mass is 9.79. The van der Waals surface area contributed by atoms with Gasteiger partial charge in [0.25, 0.3) is 5.89 Å². The molecule has 0 aliphatic heterocycles. The highest BCUT2D eigenvalue weighted by Crippen LogP contribution is 2.31. The molecule has 0 fully saturated rings. The molecule has 5 heteroatoms. The molecular formula is C19H26N2O3. The second-order valence-electron chi connectivity index (χ2n) is 7.23. The first-order valence-corrected chi connectivity index (χ1v) is 8.24. The maximum atomic E-state index is 12.2. The van der Waals surface area contributed by atoms with Crippen molar-refractivity contribution in [1.82, 2.24) is 10.2 Å². The molecule has 0 radical (unpaired) electrons. The highest BCUT2D eigenvalue weighted by Gasteiger charge is 2.27. The van der Waals surface area contributed by atoms with Crippen LogP contribution in [-0.4, -0.2) is 16.2 Å². The average Bonchev–Trinajstić information content (AvgIpc) is 2.96. The highest BCUT2D eigenvalue weighted by molar-refractivity contribution is 5.71. The summed E-state index contributed by atoms with van der Waals surface area (Å²) in [6.45, 7) is 12.2. The van der Waals surface area contributed by atoms with E-state index in [0.717, 1.165) is 0 Å². The Morgan fingerprint density at radius 1 is 1.25 bits per heavy atom. The lowest BCUT2D eigenvalue weighted by Gasteiger charge is -2.26. The van der Waals surface area contributed by atoms with Crippen molar-refractivity contribution in [3.8, 4) is 0 Å².